The molecule has 19 heavy (non-hydrogen) atoms. The second-order valence-corrected chi connectivity index (χ2v) is 4.85. The molecule has 0 aliphatic carbocycles. The van der Waals surface area contributed by atoms with E-state index in [0.717, 1.165) is 11.2 Å². The summed E-state index contributed by atoms with van der Waals surface area (Å²) in [5.74, 6) is -1.05. The van der Waals surface area contributed by atoms with Crippen molar-refractivity contribution < 1.29 is 9.90 Å². The lowest BCUT2D eigenvalue weighted by molar-refractivity contribution is -0.141. The summed E-state index contributed by atoms with van der Waals surface area (Å²) in [6.07, 6.45) is 0.648. The van der Waals surface area contributed by atoms with E-state index in [1.165, 1.54) is 10.9 Å². The van der Waals surface area contributed by atoms with Gasteiger partial charge in [-0.05, 0) is 25.0 Å². The maximum absolute atomic E-state index is 11.0. The number of carboxylic acid groups (broad SMARTS) is 1. The Kier molecular flexibility index (Phi) is 4.22. The van der Waals surface area contributed by atoms with Gasteiger partial charge in [-0.15, -0.1) is 0 Å². The van der Waals surface area contributed by atoms with Crippen molar-refractivity contribution in [2.24, 2.45) is 5.92 Å². The number of hydrogen-bond acceptors (Lipinski definition) is 2. The van der Waals surface area contributed by atoms with E-state index in [-0.39, 0.29) is 5.92 Å². The zero-order valence-corrected chi connectivity index (χ0v) is 11.4. The molecule has 0 spiro atoms. The fourth-order valence-corrected chi connectivity index (χ4v) is 2.34. The highest BCUT2D eigenvalue weighted by molar-refractivity contribution is 5.84. The van der Waals surface area contributed by atoms with Crippen molar-refractivity contribution in [3.8, 4) is 0 Å². The minimum Gasteiger partial charge on any atom is -0.481 e. The maximum Gasteiger partial charge on any atom is 0.307 e. The SMILES string of the molecule is CCC(CNCc1c(C)[nH]c2ccccc12)C(=O)O. The van der Waals surface area contributed by atoms with Crippen LogP contribution in [0.3, 0.4) is 0 Å². The third-order valence-corrected chi connectivity index (χ3v) is 3.56. The molecule has 0 radical (unpaired) electrons. The van der Waals surface area contributed by atoms with E-state index in [4.69, 9.17) is 5.11 Å². The van der Waals surface area contributed by atoms with Gasteiger partial charge in [-0.1, -0.05) is 25.1 Å². The van der Waals surface area contributed by atoms with Gasteiger partial charge in [0, 0.05) is 29.7 Å². The Morgan fingerprint density at radius 3 is 2.84 bits per heavy atom. The van der Waals surface area contributed by atoms with Crippen molar-refractivity contribution in [2.75, 3.05) is 6.54 Å². The monoisotopic (exact) mass is 260 g/mol. The van der Waals surface area contributed by atoms with Gasteiger partial charge >= 0.3 is 5.97 Å². The first kappa shape index (κ1) is 13.6. The predicted octanol–water partition coefficient (Wildman–Crippen LogP) is 2.68. The number of fused-ring (bicyclic) bond motifs is 1. The summed E-state index contributed by atoms with van der Waals surface area (Å²) in [5, 5.41) is 13.5. The number of para-hydroxylation sites is 1. The van der Waals surface area contributed by atoms with Crippen LogP contribution in [0, 0.1) is 12.8 Å². The van der Waals surface area contributed by atoms with Crippen LogP contribution in [0.2, 0.25) is 0 Å². The van der Waals surface area contributed by atoms with E-state index in [9.17, 15) is 4.79 Å². The summed E-state index contributed by atoms with van der Waals surface area (Å²) in [6, 6.07) is 8.17. The Morgan fingerprint density at radius 2 is 2.16 bits per heavy atom. The molecule has 4 heteroatoms. The van der Waals surface area contributed by atoms with E-state index in [1.807, 2.05) is 26.0 Å². The van der Waals surface area contributed by atoms with Crippen molar-refractivity contribution in [1.29, 1.82) is 0 Å². The van der Waals surface area contributed by atoms with E-state index < -0.39 is 5.97 Å². The van der Waals surface area contributed by atoms with Crippen LogP contribution in [0.25, 0.3) is 10.9 Å². The summed E-state index contributed by atoms with van der Waals surface area (Å²) in [4.78, 5) is 14.3. The lowest BCUT2D eigenvalue weighted by atomic mass is 10.1. The first-order chi connectivity index (χ1) is 9.13. The Bertz CT molecular complexity index is 575. The molecule has 1 heterocycles. The molecule has 0 amide bonds. The molecular weight excluding hydrogens is 240 g/mol. The third kappa shape index (κ3) is 2.96. The molecule has 1 aromatic carbocycles. The quantitative estimate of drug-likeness (QED) is 0.748. The molecule has 0 saturated heterocycles. The van der Waals surface area contributed by atoms with Crippen LogP contribution in [0.5, 0.6) is 0 Å². The molecule has 2 rings (SSSR count). The summed E-state index contributed by atoms with van der Waals surface area (Å²) in [6.45, 7) is 5.15. The van der Waals surface area contributed by atoms with Crippen LogP contribution < -0.4 is 5.32 Å². The fourth-order valence-electron chi connectivity index (χ4n) is 2.34. The molecule has 2 aromatic rings. The zero-order valence-electron chi connectivity index (χ0n) is 11.4. The molecule has 1 unspecified atom stereocenters. The molecule has 1 aromatic heterocycles. The Morgan fingerprint density at radius 1 is 1.42 bits per heavy atom. The van der Waals surface area contributed by atoms with Crippen LogP contribution in [0.1, 0.15) is 24.6 Å². The third-order valence-electron chi connectivity index (χ3n) is 3.56. The summed E-state index contributed by atoms with van der Waals surface area (Å²) >= 11 is 0. The van der Waals surface area contributed by atoms with Crippen molar-refractivity contribution in [1.82, 2.24) is 10.3 Å². The lowest BCUT2D eigenvalue weighted by Gasteiger charge is -2.11. The Balaban J connectivity index is 2.06. The van der Waals surface area contributed by atoms with Gasteiger partial charge in [0.25, 0.3) is 0 Å². The van der Waals surface area contributed by atoms with Crippen LogP contribution in [-0.2, 0) is 11.3 Å². The van der Waals surface area contributed by atoms with E-state index >= 15 is 0 Å². The van der Waals surface area contributed by atoms with E-state index in [1.54, 1.807) is 0 Å². The average molecular weight is 260 g/mol. The number of carbonyl (C=O) groups is 1. The number of rotatable bonds is 6. The van der Waals surface area contributed by atoms with Crippen LogP contribution in [0.15, 0.2) is 24.3 Å². The van der Waals surface area contributed by atoms with Gasteiger partial charge in [-0.25, -0.2) is 0 Å². The van der Waals surface area contributed by atoms with Gasteiger partial charge in [0.05, 0.1) is 5.92 Å². The molecule has 0 aliphatic heterocycles. The standard InChI is InChI=1S/C15H20N2O2/c1-3-11(15(18)19)8-16-9-13-10(2)17-14-7-5-4-6-12(13)14/h4-7,11,16-17H,3,8-9H2,1-2H3,(H,18,19). The number of aromatic nitrogens is 1. The highest BCUT2D eigenvalue weighted by Gasteiger charge is 2.15. The number of carboxylic acids is 1. The molecule has 0 bridgehead atoms. The highest BCUT2D eigenvalue weighted by Crippen LogP contribution is 2.21. The van der Waals surface area contributed by atoms with Crippen molar-refractivity contribution >= 4 is 16.9 Å². The highest BCUT2D eigenvalue weighted by atomic mass is 16.4. The van der Waals surface area contributed by atoms with Gasteiger partial charge in [0.2, 0.25) is 0 Å². The molecule has 4 nitrogen and oxygen atoms in total. The second kappa shape index (κ2) is 5.89. The van der Waals surface area contributed by atoms with Crippen LogP contribution in [-0.4, -0.2) is 22.6 Å². The fraction of sp³-hybridized carbons (Fsp3) is 0.400. The van der Waals surface area contributed by atoms with Gasteiger partial charge in [0.1, 0.15) is 0 Å². The predicted molar refractivity (Wildman–Crippen MR) is 76.2 cm³/mol. The van der Waals surface area contributed by atoms with Crippen molar-refractivity contribution in [3.63, 3.8) is 0 Å². The molecule has 0 saturated carbocycles. The average Bonchev–Trinajstić information content (AvgIpc) is 2.70. The van der Waals surface area contributed by atoms with Gasteiger partial charge in [0.15, 0.2) is 0 Å². The molecule has 1 atom stereocenters. The number of hydrogen-bond donors (Lipinski definition) is 3. The number of benzene rings is 1. The first-order valence-electron chi connectivity index (χ1n) is 6.63. The molecule has 3 N–H and O–H groups in total. The number of aryl methyl sites for hydroxylation is 1. The zero-order chi connectivity index (χ0) is 13.8. The summed E-state index contributed by atoms with van der Waals surface area (Å²) in [5.41, 5.74) is 3.48. The van der Waals surface area contributed by atoms with Crippen LogP contribution >= 0.6 is 0 Å². The smallest absolute Gasteiger partial charge is 0.307 e. The van der Waals surface area contributed by atoms with Crippen molar-refractivity contribution in [3.05, 3.63) is 35.5 Å². The van der Waals surface area contributed by atoms with E-state index in [0.29, 0.717) is 19.5 Å². The van der Waals surface area contributed by atoms with Gasteiger partial charge < -0.3 is 15.4 Å². The minimum absolute atomic E-state index is 0.314. The van der Waals surface area contributed by atoms with Gasteiger partial charge in [-0.3, -0.25) is 4.79 Å². The number of aromatic amines is 1. The molecule has 0 fully saturated rings. The number of nitrogens with one attached hydrogen (secondary N) is 2. The maximum atomic E-state index is 11.0. The topological polar surface area (TPSA) is 65.1 Å². The minimum atomic E-state index is -0.731. The van der Waals surface area contributed by atoms with E-state index in [2.05, 4.69) is 22.4 Å². The number of H-pyrrole nitrogens is 1. The Hall–Kier alpha value is -1.81. The number of aliphatic carboxylic acids is 1. The molecule has 0 aliphatic rings. The molecular formula is C15H20N2O2. The van der Waals surface area contributed by atoms with Crippen molar-refractivity contribution in [2.45, 2.75) is 26.8 Å². The lowest BCUT2D eigenvalue weighted by Crippen LogP contribution is -2.27. The molecule has 102 valence electrons. The van der Waals surface area contributed by atoms with Crippen LogP contribution in [0.4, 0.5) is 0 Å². The van der Waals surface area contributed by atoms with Gasteiger partial charge in [-0.2, -0.15) is 0 Å². The normalized spacial score (nSPS) is 12.7. The Labute approximate surface area is 112 Å². The summed E-state index contributed by atoms with van der Waals surface area (Å²) < 4.78 is 0. The second-order valence-electron chi connectivity index (χ2n) is 4.85. The summed E-state index contributed by atoms with van der Waals surface area (Å²) in [7, 11) is 0. The largest absolute Gasteiger partial charge is 0.481 e. The first-order valence-corrected chi connectivity index (χ1v) is 6.63.